The van der Waals surface area contributed by atoms with E-state index in [9.17, 15) is 31.2 Å². The number of hydrogen-bond acceptors (Lipinski definition) is 4. The highest BCUT2D eigenvalue weighted by Gasteiger charge is 2.34. The van der Waals surface area contributed by atoms with Gasteiger partial charge in [-0.25, -0.2) is 0 Å². The molecule has 0 radical (unpaired) electrons. The molecule has 33 heavy (non-hydrogen) atoms. The van der Waals surface area contributed by atoms with Gasteiger partial charge in [-0.1, -0.05) is 18.2 Å². The molecule has 0 unspecified atom stereocenters. The maximum Gasteiger partial charge on any atom is 0.416 e. The molecule has 0 aromatic heterocycles. The van der Waals surface area contributed by atoms with Crippen molar-refractivity contribution in [2.24, 2.45) is 0 Å². The van der Waals surface area contributed by atoms with Crippen molar-refractivity contribution in [3.63, 3.8) is 0 Å². The maximum absolute atomic E-state index is 13.0. The van der Waals surface area contributed by atoms with Gasteiger partial charge in [-0.3, -0.25) is 18.9 Å². The second-order valence-electron chi connectivity index (χ2n) is 7.61. The van der Waals surface area contributed by atoms with E-state index < -0.39 is 28.1 Å². The minimum absolute atomic E-state index is 0.0280. The third kappa shape index (κ3) is 6.23. The first-order valence-electron chi connectivity index (χ1n) is 9.91. The zero-order valence-electron chi connectivity index (χ0n) is 17.5. The number of likely N-dealkylation sites (N-methyl/N-ethyl adjacent to an activating group) is 1. The molecule has 0 bridgehead atoms. The number of aryl methyl sites for hydroxylation is 1. The Labute approximate surface area is 188 Å². The normalized spacial score (nSPS) is 16.2. The fourth-order valence-electron chi connectivity index (χ4n) is 3.71. The smallest absolute Gasteiger partial charge is 0.357 e. The number of carbonyl (C=O) groups is 2. The van der Waals surface area contributed by atoms with Gasteiger partial charge in [0.05, 0.1) is 11.3 Å². The van der Waals surface area contributed by atoms with Crippen molar-refractivity contribution < 1.29 is 35.7 Å². The number of nitrogens with zero attached hydrogens (tertiary/aromatic N) is 1. The number of benzene rings is 2. The van der Waals surface area contributed by atoms with Gasteiger partial charge >= 0.3 is 16.5 Å². The van der Waals surface area contributed by atoms with Crippen molar-refractivity contribution >= 4 is 27.8 Å². The zero-order chi connectivity index (χ0) is 24.4. The van der Waals surface area contributed by atoms with Crippen LogP contribution in [0.3, 0.4) is 0 Å². The van der Waals surface area contributed by atoms with Crippen molar-refractivity contribution in [1.82, 2.24) is 10.2 Å². The summed E-state index contributed by atoms with van der Waals surface area (Å²) in [5, 5.41) is 2.52. The van der Waals surface area contributed by atoms with Crippen LogP contribution in [0.1, 0.15) is 28.7 Å². The number of amides is 2. The van der Waals surface area contributed by atoms with E-state index in [4.69, 9.17) is 4.55 Å². The molecule has 12 heteroatoms. The van der Waals surface area contributed by atoms with Gasteiger partial charge in [-0.15, -0.1) is 0 Å². The van der Waals surface area contributed by atoms with Crippen LogP contribution in [-0.2, 0) is 45.5 Å². The van der Waals surface area contributed by atoms with Gasteiger partial charge in [-0.05, 0) is 47.4 Å². The van der Waals surface area contributed by atoms with Crippen LogP contribution in [0.15, 0.2) is 42.5 Å². The summed E-state index contributed by atoms with van der Waals surface area (Å²) in [7, 11) is -3.03. The van der Waals surface area contributed by atoms with Crippen molar-refractivity contribution in [2.45, 2.75) is 38.0 Å². The number of hydrogen-bond donors (Lipinski definition) is 3. The van der Waals surface area contributed by atoms with Gasteiger partial charge in [0, 0.05) is 26.4 Å². The Kier molecular flexibility index (Phi) is 6.98. The van der Waals surface area contributed by atoms with Crippen molar-refractivity contribution in [1.29, 1.82) is 0 Å². The molecule has 2 amide bonds. The standard InChI is InChI=1S/C21H22F3N3O5S/c1-25-20(29)18-11-14-5-8-17(26-33(30,31)32)10-15(14)12-27(18)19(28)9-4-13-2-6-16(7-3-13)21(22,23)24/h2-3,5-8,10,18,26H,4,9,11-12H2,1H3,(H,25,29)(H,30,31,32)/t18-/m0/s1. The lowest BCUT2D eigenvalue weighted by Gasteiger charge is -2.36. The Hall–Kier alpha value is -3.12. The number of fused-ring (bicyclic) bond motifs is 1. The monoisotopic (exact) mass is 485 g/mol. The molecule has 3 N–H and O–H groups in total. The van der Waals surface area contributed by atoms with E-state index in [1.807, 2.05) is 4.72 Å². The SMILES string of the molecule is CNC(=O)[C@@H]1Cc2ccc(NS(=O)(=O)O)cc2CN1C(=O)CCc1ccc(C(F)(F)F)cc1. The summed E-state index contributed by atoms with van der Waals surface area (Å²) in [6.07, 6.45) is -4.09. The fraction of sp³-hybridized carbons (Fsp3) is 0.333. The average Bonchev–Trinajstić information content (AvgIpc) is 2.74. The highest BCUT2D eigenvalue weighted by molar-refractivity contribution is 7.87. The molecular weight excluding hydrogens is 463 g/mol. The first-order valence-corrected chi connectivity index (χ1v) is 11.4. The predicted octanol–water partition coefficient (Wildman–Crippen LogP) is 2.55. The Morgan fingerprint density at radius 3 is 2.36 bits per heavy atom. The van der Waals surface area contributed by atoms with Crippen molar-refractivity contribution in [2.75, 3.05) is 11.8 Å². The number of anilines is 1. The number of rotatable bonds is 6. The minimum Gasteiger partial charge on any atom is -0.357 e. The van der Waals surface area contributed by atoms with Gasteiger partial charge in [0.15, 0.2) is 0 Å². The molecule has 2 aromatic rings. The van der Waals surface area contributed by atoms with E-state index in [0.29, 0.717) is 11.1 Å². The van der Waals surface area contributed by atoms with Crippen LogP contribution < -0.4 is 10.0 Å². The molecule has 178 valence electrons. The van der Waals surface area contributed by atoms with Crippen LogP contribution in [0.2, 0.25) is 0 Å². The molecule has 0 spiro atoms. The Balaban J connectivity index is 1.77. The van der Waals surface area contributed by atoms with Gasteiger partial charge < -0.3 is 10.2 Å². The summed E-state index contributed by atoms with van der Waals surface area (Å²) >= 11 is 0. The quantitative estimate of drug-likeness (QED) is 0.544. The molecule has 3 rings (SSSR count). The lowest BCUT2D eigenvalue weighted by atomic mass is 9.92. The second-order valence-corrected chi connectivity index (χ2v) is 8.77. The topological polar surface area (TPSA) is 116 Å². The largest absolute Gasteiger partial charge is 0.416 e. The summed E-state index contributed by atoms with van der Waals surface area (Å²) in [5.41, 5.74) is 1.22. The van der Waals surface area contributed by atoms with Crippen LogP contribution in [0, 0.1) is 0 Å². The molecule has 0 saturated heterocycles. The van der Waals surface area contributed by atoms with E-state index in [0.717, 1.165) is 17.7 Å². The summed E-state index contributed by atoms with van der Waals surface area (Å²) in [4.78, 5) is 26.7. The Morgan fingerprint density at radius 1 is 1.12 bits per heavy atom. The molecule has 2 aromatic carbocycles. The third-order valence-electron chi connectivity index (χ3n) is 5.36. The van der Waals surface area contributed by atoms with Crippen LogP contribution in [-0.4, -0.2) is 42.8 Å². The van der Waals surface area contributed by atoms with Gasteiger partial charge in [0.1, 0.15) is 6.04 Å². The van der Waals surface area contributed by atoms with Crippen molar-refractivity contribution in [3.8, 4) is 0 Å². The van der Waals surface area contributed by atoms with Crippen LogP contribution in [0.4, 0.5) is 18.9 Å². The molecule has 0 aliphatic carbocycles. The zero-order valence-corrected chi connectivity index (χ0v) is 18.3. The lowest BCUT2D eigenvalue weighted by molar-refractivity contribution is -0.141. The maximum atomic E-state index is 13.0. The summed E-state index contributed by atoms with van der Waals surface area (Å²) in [6.45, 7) is 0.0280. The summed E-state index contributed by atoms with van der Waals surface area (Å²) in [6, 6.07) is 8.26. The van der Waals surface area contributed by atoms with E-state index in [2.05, 4.69) is 5.32 Å². The molecule has 0 saturated carbocycles. The van der Waals surface area contributed by atoms with Crippen LogP contribution in [0.5, 0.6) is 0 Å². The van der Waals surface area contributed by atoms with E-state index in [-0.39, 0.29) is 43.3 Å². The van der Waals surface area contributed by atoms with Gasteiger partial charge in [0.25, 0.3) is 0 Å². The summed E-state index contributed by atoms with van der Waals surface area (Å²) < 4.78 is 71.3. The second kappa shape index (κ2) is 9.40. The number of carbonyl (C=O) groups excluding carboxylic acids is 2. The lowest BCUT2D eigenvalue weighted by Crippen LogP contribution is -2.52. The number of nitrogens with one attached hydrogen (secondary N) is 2. The summed E-state index contributed by atoms with van der Waals surface area (Å²) in [5.74, 6) is -0.744. The number of halogens is 3. The first kappa shape index (κ1) is 24.5. The molecule has 0 fully saturated rings. The van der Waals surface area contributed by atoms with E-state index >= 15 is 0 Å². The molecule has 8 nitrogen and oxygen atoms in total. The molecule has 1 aliphatic rings. The molecular formula is C21H22F3N3O5S. The molecule has 1 heterocycles. The highest BCUT2D eigenvalue weighted by Crippen LogP contribution is 2.30. The molecule has 1 aliphatic heterocycles. The van der Waals surface area contributed by atoms with Crippen LogP contribution in [0.25, 0.3) is 0 Å². The van der Waals surface area contributed by atoms with Gasteiger partial charge in [-0.2, -0.15) is 21.6 Å². The predicted molar refractivity (Wildman–Crippen MR) is 113 cm³/mol. The van der Waals surface area contributed by atoms with Crippen LogP contribution >= 0.6 is 0 Å². The fourth-order valence-corrected chi connectivity index (χ4v) is 4.14. The van der Waals surface area contributed by atoms with Gasteiger partial charge in [0.2, 0.25) is 11.8 Å². The third-order valence-corrected chi connectivity index (χ3v) is 5.86. The highest BCUT2D eigenvalue weighted by atomic mass is 32.2. The van der Waals surface area contributed by atoms with Crippen molar-refractivity contribution in [3.05, 3.63) is 64.7 Å². The van der Waals surface area contributed by atoms with E-state index in [1.165, 1.54) is 36.2 Å². The average molecular weight is 485 g/mol. The molecule has 1 atom stereocenters. The Bertz CT molecular complexity index is 1150. The Morgan fingerprint density at radius 2 is 1.79 bits per heavy atom. The number of alkyl halides is 3. The first-order chi connectivity index (χ1) is 15.4. The van der Waals surface area contributed by atoms with E-state index in [1.54, 1.807) is 6.07 Å². The minimum atomic E-state index is -4.48.